The Balaban J connectivity index is 2.12. The highest BCUT2D eigenvalue weighted by molar-refractivity contribution is 6.00. The van der Waals surface area contributed by atoms with Crippen molar-refractivity contribution >= 4 is 10.8 Å². The van der Waals surface area contributed by atoms with E-state index >= 15 is 0 Å². The molecule has 28 heavy (non-hydrogen) atoms. The van der Waals surface area contributed by atoms with Crippen LogP contribution in [0, 0.1) is 13.8 Å². The predicted molar refractivity (Wildman–Crippen MR) is 117 cm³/mol. The first-order valence-electron chi connectivity index (χ1n) is 9.64. The molecule has 4 rings (SSSR count). The van der Waals surface area contributed by atoms with Gasteiger partial charge in [0, 0.05) is 0 Å². The average molecular weight is 368 g/mol. The summed E-state index contributed by atoms with van der Waals surface area (Å²) >= 11 is 0. The molecule has 0 aliphatic rings. The van der Waals surface area contributed by atoms with Crippen LogP contribution in [0.2, 0.25) is 0 Å². The maximum atomic E-state index is 10.0. The molecule has 0 unspecified atom stereocenters. The molecule has 0 aliphatic heterocycles. The number of aryl methyl sites for hydroxylation is 3. The van der Waals surface area contributed by atoms with E-state index in [0.29, 0.717) is 11.5 Å². The Bertz CT molecular complexity index is 1190. The van der Waals surface area contributed by atoms with Gasteiger partial charge in [-0.05, 0) is 100 Å². The lowest BCUT2D eigenvalue weighted by atomic mass is 9.85. The smallest absolute Gasteiger partial charge is 0.118 e. The molecule has 140 valence electrons. The fraction of sp³-hybridized carbons (Fsp3) is 0.154. The molecule has 0 aromatic heterocycles. The first-order chi connectivity index (χ1) is 13.5. The number of fused-ring (bicyclic) bond motifs is 1. The van der Waals surface area contributed by atoms with E-state index in [-0.39, 0.29) is 0 Å². The third kappa shape index (κ3) is 3.01. The van der Waals surface area contributed by atoms with E-state index < -0.39 is 0 Å². The summed E-state index contributed by atoms with van der Waals surface area (Å²) in [6.07, 6.45) is 0.903. The summed E-state index contributed by atoms with van der Waals surface area (Å²) in [5, 5.41) is 22.5. The Kier molecular flexibility index (Phi) is 4.56. The number of hydrogen-bond donors (Lipinski definition) is 2. The lowest BCUT2D eigenvalue weighted by molar-refractivity contribution is 0.470. The first-order valence-corrected chi connectivity index (χ1v) is 9.64. The van der Waals surface area contributed by atoms with Crippen molar-refractivity contribution < 1.29 is 10.2 Å². The largest absolute Gasteiger partial charge is 0.508 e. The van der Waals surface area contributed by atoms with Gasteiger partial charge < -0.3 is 10.2 Å². The molecular formula is C26H24O2. The number of benzene rings is 4. The molecule has 0 bridgehead atoms. The molecule has 0 radical (unpaired) electrons. The highest BCUT2D eigenvalue weighted by atomic mass is 16.3. The van der Waals surface area contributed by atoms with Crippen LogP contribution in [0.5, 0.6) is 11.5 Å². The molecule has 0 spiro atoms. The summed E-state index contributed by atoms with van der Waals surface area (Å²) in [7, 11) is 0. The van der Waals surface area contributed by atoms with Crippen molar-refractivity contribution in [3.63, 3.8) is 0 Å². The Hall–Kier alpha value is -3.26. The molecule has 4 aromatic rings. The van der Waals surface area contributed by atoms with Gasteiger partial charge in [-0.3, -0.25) is 0 Å². The minimum atomic E-state index is 0.308. The summed E-state index contributed by atoms with van der Waals surface area (Å²) in [6, 6.07) is 22.3. The van der Waals surface area contributed by atoms with Crippen molar-refractivity contribution in [2.24, 2.45) is 0 Å². The second-order valence-corrected chi connectivity index (χ2v) is 7.35. The molecule has 0 fully saturated rings. The lowest BCUT2D eigenvalue weighted by Crippen LogP contribution is -1.96. The third-order valence-corrected chi connectivity index (χ3v) is 5.50. The van der Waals surface area contributed by atoms with E-state index in [0.717, 1.165) is 34.2 Å². The number of phenols is 2. The molecule has 0 saturated carbocycles. The van der Waals surface area contributed by atoms with Gasteiger partial charge in [0.2, 0.25) is 0 Å². The van der Waals surface area contributed by atoms with Crippen LogP contribution in [0.3, 0.4) is 0 Å². The van der Waals surface area contributed by atoms with E-state index in [2.05, 4.69) is 43.3 Å². The van der Waals surface area contributed by atoms with Gasteiger partial charge in [-0.1, -0.05) is 43.3 Å². The Morgan fingerprint density at radius 2 is 1.32 bits per heavy atom. The molecule has 4 aromatic carbocycles. The topological polar surface area (TPSA) is 40.5 Å². The standard InChI is InChI=1S/C26H24O2/c1-4-21-22-8-6-5-7-18(22)15-23(19-9-11-24(27)16(2)13-19)26(21)20-10-12-25(28)17(3)14-20/h5-15,27-28H,4H2,1-3H3. The maximum absolute atomic E-state index is 10.0. The second kappa shape index (κ2) is 7.05. The fourth-order valence-corrected chi connectivity index (χ4v) is 3.98. The van der Waals surface area contributed by atoms with Crippen LogP contribution < -0.4 is 0 Å². The average Bonchev–Trinajstić information content (AvgIpc) is 2.70. The molecule has 0 atom stereocenters. The van der Waals surface area contributed by atoms with Crippen molar-refractivity contribution in [3.05, 3.63) is 83.4 Å². The summed E-state index contributed by atoms with van der Waals surface area (Å²) in [5.41, 5.74) is 7.52. The molecule has 2 N–H and O–H groups in total. The quantitative estimate of drug-likeness (QED) is 0.419. The normalized spacial score (nSPS) is 11.1. The van der Waals surface area contributed by atoms with Gasteiger partial charge >= 0.3 is 0 Å². The van der Waals surface area contributed by atoms with E-state index in [4.69, 9.17) is 0 Å². The van der Waals surface area contributed by atoms with Crippen LogP contribution >= 0.6 is 0 Å². The number of hydrogen-bond acceptors (Lipinski definition) is 2. The van der Waals surface area contributed by atoms with Crippen molar-refractivity contribution in [3.8, 4) is 33.8 Å². The molecule has 0 aliphatic carbocycles. The molecule has 0 amide bonds. The van der Waals surface area contributed by atoms with E-state index in [9.17, 15) is 10.2 Å². The fourth-order valence-electron chi connectivity index (χ4n) is 3.98. The maximum Gasteiger partial charge on any atom is 0.118 e. The van der Waals surface area contributed by atoms with Crippen molar-refractivity contribution in [2.75, 3.05) is 0 Å². The van der Waals surface area contributed by atoms with E-state index in [1.54, 1.807) is 12.1 Å². The van der Waals surface area contributed by atoms with Crippen LogP contribution in [-0.4, -0.2) is 10.2 Å². The lowest BCUT2D eigenvalue weighted by Gasteiger charge is -2.19. The molecule has 2 nitrogen and oxygen atoms in total. The second-order valence-electron chi connectivity index (χ2n) is 7.35. The molecule has 0 heterocycles. The highest BCUT2D eigenvalue weighted by Gasteiger charge is 2.17. The number of rotatable bonds is 3. The van der Waals surface area contributed by atoms with Crippen molar-refractivity contribution in [2.45, 2.75) is 27.2 Å². The highest BCUT2D eigenvalue weighted by Crippen LogP contribution is 2.41. The van der Waals surface area contributed by atoms with Crippen LogP contribution in [0.1, 0.15) is 23.6 Å². The first kappa shape index (κ1) is 18.1. The van der Waals surface area contributed by atoms with Crippen LogP contribution in [0.4, 0.5) is 0 Å². The zero-order valence-electron chi connectivity index (χ0n) is 16.5. The van der Waals surface area contributed by atoms with Crippen LogP contribution in [0.25, 0.3) is 33.0 Å². The molecule has 2 heteroatoms. The van der Waals surface area contributed by atoms with Gasteiger partial charge in [0.05, 0.1) is 0 Å². The van der Waals surface area contributed by atoms with Crippen molar-refractivity contribution in [1.82, 2.24) is 0 Å². The van der Waals surface area contributed by atoms with Crippen LogP contribution in [-0.2, 0) is 6.42 Å². The Labute approximate surface area is 165 Å². The summed E-state index contributed by atoms with van der Waals surface area (Å²) < 4.78 is 0. The van der Waals surface area contributed by atoms with E-state index in [1.807, 2.05) is 32.0 Å². The van der Waals surface area contributed by atoms with Crippen LogP contribution in [0.15, 0.2) is 66.7 Å². The SMILES string of the molecule is CCc1c(-c2ccc(O)c(C)c2)c(-c2ccc(O)c(C)c2)cc2ccccc12. The van der Waals surface area contributed by atoms with Gasteiger partial charge in [0.25, 0.3) is 0 Å². The van der Waals surface area contributed by atoms with Gasteiger partial charge in [-0.25, -0.2) is 0 Å². The Morgan fingerprint density at radius 3 is 1.96 bits per heavy atom. The third-order valence-electron chi connectivity index (χ3n) is 5.50. The zero-order chi connectivity index (χ0) is 19.8. The van der Waals surface area contributed by atoms with E-state index in [1.165, 1.54) is 21.9 Å². The minimum Gasteiger partial charge on any atom is -0.508 e. The van der Waals surface area contributed by atoms with Gasteiger partial charge in [-0.2, -0.15) is 0 Å². The minimum absolute atomic E-state index is 0.308. The molecule has 0 saturated heterocycles. The van der Waals surface area contributed by atoms with Gasteiger partial charge in [-0.15, -0.1) is 0 Å². The summed E-state index contributed by atoms with van der Waals surface area (Å²) in [5.74, 6) is 0.617. The summed E-state index contributed by atoms with van der Waals surface area (Å²) in [6.45, 7) is 6.03. The number of aromatic hydroxyl groups is 2. The Morgan fingerprint density at radius 1 is 0.714 bits per heavy atom. The van der Waals surface area contributed by atoms with Gasteiger partial charge in [0.15, 0.2) is 0 Å². The molecular weight excluding hydrogens is 344 g/mol. The van der Waals surface area contributed by atoms with Crippen molar-refractivity contribution in [1.29, 1.82) is 0 Å². The zero-order valence-corrected chi connectivity index (χ0v) is 16.5. The summed E-state index contributed by atoms with van der Waals surface area (Å²) in [4.78, 5) is 0. The predicted octanol–water partition coefficient (Wildman–Crippen LogP) is 6.76. The van der Waals surface area contributed by atoms with Gasteiger partial charge in [0.1, 0.15) is 11.5 Å². The number of phenolic OH excluding ortho intramolecular Hbond substituents is 2. The monoisotopic (exact) mass is 368 g/mol.